The van der Waals surface area contributed by atoms with Crippen molar-refractivity contribution in [3.8, 4) is 0 Å². The predicted octanol–water partition coefficient (Wildman–Crippen LogP) is 20.2. The van der Waals surface area contributed by atoms with Crippen LogP contribution in [0.4, 0.5) is 0 Å². The van der Waals surface area contributed by atoms with Crippen molar-refractivity contribution in [3.05, 3.63) is 117 Å². The summed E-state index contributed by atoms with van der Waals surface area (Å²) in [7, 11) is 0. The molecule has 8 heterocycles. The van der Waals surface area contributed by atoms with E-state index in [4.69, 9.17) is 0 Å². The molecule has 14 aromatic rings. The first kappa shape index (κ1) is 36.7. The first-order valence-corrected chi connectivity index (χ1v) is 26.8. The van der Waals surface area contributed by atoms with Crippen LogP contribution < -0.4 is 0 Å². The van der Waals surface area contributed by atoms with Crippen LogP contribution in [-0.2, 0) is 0 Å². The molecule has 8 heteroatoms. The summed E-state index contributed by atoms with van der Waals surface area (Å²) in [4.78, 5) is 0. The zero-order valence-corrected chi connectivity index (χ0v) is 40.7. The fourth-order valence-electron chi connectivity index (χ4n) is 9.67. The summed E-state index contributed by atoms with van der Waals surface area (Å²) >= 11 is 15.9. The summed E-state index contributed by atoms with van der Waals surface area (Å²) in [6, 6.07) is 27.3. The molecule has 0 saturated heterocycles. The summed E-state index contributed by atoms with van der Waals surface area (Å²) in [6.07, 6.45) is 0. The maximum absolute atomic E-state index is 2.40. The van der Waals surface area contributed by atoms with Crippen molar-refractivity contribution >= 4 is 209 Å². The third-order valence-corrected chi connectivity index (χ3v) is 23.7. The fourth-order valence-corrected chi connectivity index (χ4v) is 21.3. The highest BCUT2D eigenvalue weighted by Crippen LogP contribution is 2.55. The average Bonchev–Trinajstić information content (AvgIpc) is 4.10. The van der Waals surface area contributed by atoms with Gasteiger partial charge >= 0.3 is 0 Å². The van der Waals surface area contributed by atoms with Crippen molar-refractivity contribution < 1.29 is 0 Å². The topological polar surface area (TPSA) is 0 Å². The van der Waals surface area contributed by atoms with Crippen LogP contribution in [-0.4, -0.2) is 0 Å². The summed E-state index contributed by atoms with van der Waals surface area (Å²) in [6.45, 7) is 18.3. The van der Waals surface area contributed by atoms with Crippen LogP contribution >= 0.6 is 90.7 Å². The van der Waals surface area contributed by atoms with Gasteiger partial charge in [0.25, 0.3) is 0 Å². The lowest BCUT2D eigenvalue weighted by Gasteiger charge is -2.05. The lowest BCUT2D eigenvalue weighted by Crippen LogP contribution is -1.80. The molecule has 6 aromatic carbocycles. The molecular weight excluding hydrogens is 881 g/mol. The van der Waals surface area contributed by atoms with E-state index in [0.29, 0.717) is 0 Å². The van der Waals surface area contributed by atoms with Gasteiger partial charge in [-0.25, -0.2) is 0 Å². The van der Waals surface area contributed by atoms with Gasteiger partial charge in [-0.2, -0.15) is 0 Å². The molecular formula is C52H36S8. The molecule has 0 unspecified atom stereocenters. The SMILES string of the molecule is Cc1c2sc3c4ccccc4sc3c2c(C)c2sc3c4ccccc4sc3c12.Cc1cc2sc3c(sc4c(C)c5c(sc6c7cc(C)c(C)cc7sc65)c(C)c43)c2cc1C. The van der Waals surface area contributed by atoms with Gasteiger partial charge in [-0.15, -0.1) is 90.7 Å². The lowest BCUT2D eigenvalue weighted by atomic mass is 10.0. The first-order valence-electron chi connectivity index (χ1n) is 20.2. The zero-order valence-electron chi connectivity index (χ0n) is 34.2. The molecule has 0 aliphatic rings. The minimum Gasteiger partial charge on any atom is -0.134 e. The van der Waals surface area contributed by atoms with Gasteiger partial charge < -0.3 is 0 Å². The van der Waals surface area contributed by atoms with Crippen molar-refractivity contribution in [1.82, 2.24) is 0 Å². The largest absolute Gasteiger partial charge is 0.134 e. The van der Waals surface area contributed by atoms with Crippen LogP contribution in [0, 0.1) is 55.4 Å². The predicted molar refractivity (Wildman–Crippen MR) is 284 cm³/mol. The van der Waals surface area contributed by atoms with Gasteiger partial charge in [-0.05, 0) is 136 Å². The zero-order chi connectivity index (χ0) is 40.6. The molecule has 8 aromatic heterocycles. The van der Waals surface area contributed by atoms with Crippen LogP contribution in [0.15, 0.2) is 72.8 Å². The third kappa shape index (κ3) is 4.80. The normalized spacial score (nSPS) is 12.7. The minimum absolute atomic E-state index is 1.39. The van der Waals surface area contributed by atoms with E-state index in [-0.39, 0.29) is 0 Å². The second-order valence-corrected chi connectivity index (χ2v) is 24.9. The first-order chi connectivity index (χ1) is 29.0. The molecule has 0 saturated carbocycles. The Morgan fingerprint density at radius 2 is 0.533 bits per heavy atom. The molecule has 14 rings (SSSR count). The van der Waals surface area contributed by atoms with Gasteiger partial charge in [0, 0.05) is 80.7 Å². The van der Waals surface area contributed by atoms with Gasteiger partial charge in [-0.3, -0.25) is 0 Å². The second-order valence-electron chi connectivity index (χ2n) is 16.6. The molecule has 60 heavy (non-hydrogen) atoms. The summed E-state index contributed by atoms with van der Waals surface area (Å²) in [5, 5.41) is 11.7. The molecule has 0 amide bonds. The molecule has 0 spiro atoms. The summed E-state index contributed by atoms with van der Waals surface area (Å²) in [5.41, 5.74) is 11.4. The molecule has 0 aliphatic carbocycles. The van der Waals surface area contributed by atoms with E-state index in [1.54, 1.807) is 0 Å². The van der Waals surface area contributed by atoms with E-state index in [2.05, 4.69) is 128 Å². The highest BCUT2D eigenvalue weighted by molar-refractivity contribution is 7.40. The maximum Gasteiger partial charge on any atom is 0.0545 e. The van der Waals surface area contributed by atoms with Crippen LogP contribution in [0.25, 0.3) is 118 Å². The number of thiophene rings is 8. The molecule has 0 N–H and O–H groups in total. The molecule has 0 bridgehead atoms. The molecule has 0 aliphatic heterocycles. The quantitative estimate of drug-likeness (QED) is 0.142. The Hall–Kier alpha value is -3.96. The van der Waals surface area contributed by atoms with Crippen molar-refractivity contribution in [2.24, 2.45) is 0 Å². The molecule has 0 fully saturated rings. The van der Waals surface area contributed by atoms with Crippen molar-refractivity contribution in [2.45, 2.75) is 55.4 Å². The summed E-state index contributed by atoms with van der Waals surface area (Å²) in [5.74, 6) is 0. The smallest absolute Gasteiger partial charge is 0.0545 e. The number of aryl methyl sites for hydroxylation is 8. The van der Waals surface area contributed by atoms with Gasteiger partial charge in [0.2, 0.25) is 0 Å². The third-order valence-electron chi connectivity index (χ3n) is 13.1. The Morgan fingerprint density at radius 1 is 0.250 bits per heavy atom. The van der Waals surface area contributed by atoms with Crippen LogP contribution in [0.1, 0.15) is 44.5 Å². The van der Waals surface area contributed by atoms with Gasteiger partial charge in [-0.1, -0.05) is 36.4 Å². The number of hydrogen-bond donors (Lipinski definition) is 0. The standard InChI is InChI=1S/C28H22S4.C24H14S4/c1-11-7-17-19(9-13(11)3)29-27-21-15(5)24-22(16(6)23(21)31-25(17)27)28-26(32-24)18-8-12(2)14(4)10-20(18)30-28;1-11-17-20(28-21-13-7-3-5-9-15(13)25-23(17)21)12(2)18-19(11)27-22-14-8-4-6-10-16(14)26-24(18)22/h7-10H,1-6H3;3-10H,1-2H3. The van der Waals surface area contributed by atoms with Crippen LogP contribution in [0.3, 0.4) is 0 Å². The Labute approximate surface area is 378 Å². The van der Waals surface area contributed by atoms with Crippen molar-refractivity contribution in [1.29, 1.82) is 0 Å². The molecule has 0 atom stereocenters. The van der Waals surface area contributed by atoms with E-state index < -0.39 is 0 Å². The highest BCUT2D eigenvalue weighted by atomic mass is 32.1. The van der Waals surface area contributed by atoms with E-state index in [0.717, 1.165) is 0 Å². The number of fused-ring (bicyclic) bond motifs is 20. The van der Waals surface area contributed by atoms with Gasteiger partial charge in [0.05, 0.1) is 37.6 Å². The van der Waals surface area contributed by atoms with E-state index in [1.807, 2.05) is 90.7 Å². The number of benzene rings is 6. The Morgan fingerprint density at radius 3 is 0.883 bits per heavy atom. The van der Waals surface area contributed by atoms with Gasteiger partial charge in [0.15, 0.2) is 0 Å². The molecule has 292 valence electrons. The lowest BCUT2D eigenvalue weighted by molar-refractivity contribution is 1.37. The Bertz CT molecular complexity index is 3940. The van der Waals surface area contributed by atoms with Crippen LogP contribution in [0.2, 0.25) is 0 Å². The Balaban J connectivity index is 0.000000124. The van der Waals surface area contributed by atoms with Gasteiger partial charge in [0.1, 0.15) is 0 Å². The highest BCUT2D eigenvalue weighted by Gasteiger charge is 2.24. The Kier molecular flexibility index (Phi) is 7.83. The second kappa shape index (κ2) is 12.8. The van der Waals surface area contributed by atoms with Crippen LogP contribution in [0.5, 0.6) is 0 Å². The average molecular weight is 917 g/mol. The maximum atomic E-state index is 2.40. The van der Waals surface area contributed by atoms with E-state index in [1.165, 1.54) is 163 Å². The summed E-state index contributed by atoms with van der Waals surface area (Å²) < 4.78 is 23.4. The van der Waals surface area contributed by atoms with Crippen molar-refractivity contribution in [2.75, 3.05) is 0 Å². The fraction of sp³-hybridized carbons (Fsp3) is 0.154. The van der Waals surface area contributed by atoms with E-state index in [9.17, 15) is 0 Å². The monoisotopic (exact) mass is 916 g/mol. The number of rotatable bonds is 0. The minimum atomic E-state index is 1.39. The van der Waals surface area contributed by atoms with E-state index >= 15 is 0 Å². The molecule has 0 radical (unpaired) electrons. The number of hydrogen-bond acceptors (Lipinski definition) is 8. The van der Waals surface area contributed by atoms with Crippen molar-refractivity contribution in [3.63, 3.8) is 0 Å². The molecule has 0 nitrogen and oxygen atoms in total.